The number of carbonyl (C=O) groups excluding carboxylic acids is 1. The van der Waals surface area contributed by atoms with Crippen LogP contribution in [0.5, 0.6) is 0 Å². The first-order valence-electron chi connectivity index (χ1n) is 7.57. The molecule has 0 aliphatic carbocycles. The molecule has 0 unspecified atom stereocenters. The van der Waals surface area contributed by atoms with Gasteiger partial charge in [-0.2, -0.15) is 0 Å². The molecule has 112 valence electrons. The number of likely N-dealkylation sites (N-methyl/N-ethyl adjacent to an activating group) is 1. The van der Waals surface area contributed by atoms with Crippen LogP contribution in [0.15, 0.2) is 18.2 Å². The quantitative estimate of drug-likeness (QED) is 0.852. The van der Waals surface area contributed by atoms with E-state index in [-0.39, 0.29) is 5.91 Å². The summed E-state index contributed by atoms with van der Waals surface area (Å²) in [5.74, 6) is 0.0960. The highest BCUT2D eigenvalue weighted by Gasteiger charge is 2.21. The summed E-state index contributed by atoms with van der Waals surface area (Å²) in [7, 11) is 0. The summed E-state index contributed by atoms with van der Waals surface area (Å²) < 4.78 is 1.84. The van der Waals surface area contributed by atoms with E-state index in [1.807, 2.05) is 34.7 Å². The number of aryl methyl sites for hydroxylation is 1. The lowest BCUT2D eigenvalue weighted by atomic mass is 10.1. The van der Waals surface area contributed by atoms with Crippen molar-refractivity contribution in [1.82, 2.24) is 24.8 Å². The smallest absolute Gasteiger partial charge is 0.254 e. The van der Waals surface area contributed by atoms with E-state index >= 15 is 0 Å². The highest BCUT2D eigenvalue weighted by molar-refractivity contribution is 5.97. The van der Waals surface area contributed by atoms with E-state index in [1.165, 1.54) is 0 Å². The molecule has 1 aromatic carbocycles. The SMILES string of the molecule is CCN1CCN(C(=O)c2ccc3c(c2)nnn3CC)CC1. The van der Waals surface area contributed by atoms with Crippen molar-refractivity contribution in [1.29, 1.82) is 0 Å². The van der Waals surface area contributed by atoms with Gasteiger partial charge in [0, 0.05) is 38.3 Å². The highest BCUT2D eigenvalue weighted by atomic mass is 16.2. The molecular formula is C15H21N5O. The van der Waals surface area contributed by atoms with E-state index in [2.05, 4.69) is 22.1 Å². The molecule has 6 heteroatoms. The van der Waals surface area contributed by atoms with Crippen LogP contribution in [0.4, 0.5) is 0 Å². The Morgan fingerprint density at radius 3 is 2.57 bits per heavy atom. The monoisotopic (exact) mass is 287 g/mol. The molecule has 21 heavy (non-hydrogen) atoms. The largest absolute Gasteiger partial charge is 0.336 e. The fourth-order valence-electron chi connectivity index (χ4n) is 2.79. The Balaban J connectivity index is 1.79. The van der Waals surface area contributed by atoms with Gasteiger partial charge < -0.3 is 9.80 Å². The summed E-state index contributed by atoms with van der Waals surface area (Å²) in [6.07, 6.45) is 0. The molecule has 3 rings (SSSR count). The van der Waals surface area contributed by atoms with Crippen molar-refractivity contribution in [2.24, 2.45) is 0 Å². The van der Waals surface area contributed by atoms with Crippen LogP contribution in [0.1, 0.15) is 24.2 Å². The zero-order chi connectivity index (χ0) is 14.8. The van der Waals surface area contributed by atoms with Crippen molar-refractivity contribution >= 4 is 16.9 Å². The number of rotatable bonds is 3. The van der Waals surface area contributed by atoms with Gasteiger partial charge in [0.25, 0.3) is 5.91 Å². The van der Waals surface area contributed by atoms with Gasteiger partial charge in [-0.1, -0.05) is 12.1 Å². The topological polar surface area (TPSA) is 54.3 Å². The third kappa shape index (κ3) is 2.63. The van der Waals surface area contributed by atoms with Crippen LogP contribution in [-0.4, -0.2) is 63.4 Å². The zero-order valence-electron chi connectivity index (χ0n) is 12.6. The van der Waals surface area contributed by atoms with Crippen LogP contribution in [0.2, 0.25) is 0 Å². The molecule has 6 nitrogen and oxygen atoms in total. The fraction of sp³-hybridized carbons (Fsp3) is 0.533. The molecule has 1 amide bonds. The van der Waals surface area contributed by atoms with Crippen LogP contribution in [0, 0.1) is 0 Å². The second-order valence-electron chi connectivity index (χ2n) is 5.34. The van der Waals surface area contributed by atoms with Gasteiger partial charge in [-0.05, 0) is 31.7 Å². The summed E-state index contributed by atoms with van der Waals surface area (Å²) in [6.45, 7) is 9.52. The second-order valence-corrected chi connectivity index (χ2v) is 5.34. The third-order valence-electron chi connectivity index (χ3n) is 4.17. The average molecular weight is 287 g/mol. The Kier molecular flexibility index (Phi) is 3.88. The molecule has 1 fully saturated rings. The first-order chi connectivity index (χ1) is 10.2. The fourth-order valence-corrected chi connectivity index (χ4v) is 2.79. The van der Waals surface area contributed by atoms with E-state index in [0.29, 0.717) is 5.56 Å². The molecule has 0 bridgehead atoms. The maximum Gasteiger partial charge on any atom is 0.254 e. The number of carbonyl (C=O) groups is 1. The van der Waals surface area contributed by atoms with Crippen molar-refractivity contribution in [2.45, 2.75) is 20.4 Å². The van der Waals surface area contributed by atoms with Crippen LogP contribution in [0.25, 0.3) is 11.0 Å². The predicted octanol–water partition coefficient (Wildman–Crippen LogP) is 1.23. The third-order valence-corrected chi connectivity index (χ3v) is 4.17. The molecule has 2 heterocycles. The molecule has 1 saturated heterocycles. The maximum atomic E-state index is 12.6. The van der Waals surface area contributed by atoms with Crippen molar-refractivity contribution in [3.8, 4) is 0 Å². The summed E-state index contributed by atoms with van der Waals surface area (Å²) in [5, 5.41) is 8.22. The first-order valence-corrected chi connectivity index (χ1v) is 7.57. The molecule has 0 saturated carbocycles. The van der Waals surface area contributed by atoms with E-state index in [1.54, 1.807) is 0 Å². The van der Waals surface area contributed by atoms with Crippen molar-refractivity contribution < 1.29 is 4.79 Å². The maximum absolute atomic E-state index is 12.6. The molecule has 1 aromatic heterocycles. The number of benzene rings is 1. The average Bonchev–Trinajstić information content (AvgIpc) is 2.96. The van der Waals surface area contributed by atoms with Gasteiger partial charge in [0.1, 0.15) is 5.52 Å². The lowest BCUT2D eigenvalue weighted by Gasteiger charge is -2.34. The number of amides is 1. The van der Waals surface area contributed by atoms with Gasteiger partial charge in [0.05, 0.1) is 5.52 Å². The Hall–Kier alpha value is -1.95. The number of piperazine rings is 1. The van der Waals surface area contributed by atoms with Gasteiger partial charge >= 0.3 is 0 Å². The number of hydrogen-bond acceptors (Lipinski definition) is 4. The summed E-state index contributed by atoms with van der Waals surface area (Å²) in [5.41, 5.74) is 2.47. The van der Waals surface area contributed by atoms with Crippen LogP contribution in [0.3, 0.4) is 0 Å². The highest BCUT2D eigenvalue weighted by Crippen LogP contribution is 2.16. The molecule has 0 spiro atoms. The normalized spacial score (nSPS) is 16.6. The molecule has 2 aromatic rings. The molecule has 1 aliphatic heterocycles. The molecule has 0 atom stereocenters. The number of aromatic nitrogens is 3. The second kappa shape index (κ2) is 5.81. The van der Waals surface area contributed by atoms with Crippen LogP contribution in [-0.2, 0) is 6.54 Å². The number of nitrogens with zero attached hydrogens (tertiary/aromatic N) is 5. The van der Waals surface area contributed by atoms with Gasteiger partial charge in [-0.3, -0.25) is 4.79 Å². The summed E-state index contributed by atoms with van der Waals surface area (Å²) in [6, 6.07) is 5.67. The number of hydrogen-bond donors (Lipinski definition) is 0. The Bertz CT molecular complexity index is 643. The minimum Gasteiger partial charge on any atom is -0.336 e. The molecular weight excluding hydrogens is 266 g/mol. The number of fused-ring (bicyclic) bond motifs is 1. The van der Waals surface area contributed by atoms with Crippen molar-refractivity contribution in [3.63, 3.8) is 0 Å². The minimum atomic E-state index is 0.0960. The van der Waals surface area contributed by atoms with Crippen LogP contribution < -0.4 is 0 Å². The Labute approximate surface area is 124 Å². The van der Waals surface area contributed by atoms with Gasteiger partial charge in [0.15, 0.2) is 0 Å². The van der Waals surface area contributed by atoms with Gasteiger partial charge in [0.2, 0.25) is 0 Å². The van der Waals surface area contributed by atoms with Crippen LogP contribution >= 0.6 is 0 Å². The molecule has 0 radical (unpaired) electrons. The minimum absolute atomic E-state index is 0.0960. The predicted molar refractivity (Wildman–Crippen MR) is 81.2 cm³/mol. The Morgan fingerprint density at radius 1 is 1.14 bits per heavy atom. The van der Waals surface area contributed by atoms with Gasteiger partial charge in [-0.25, -0.2) is 4.68 Å². The van der Waals surface area contributed by atoms with Gasteiger partial charge in [-0.15, -0.1) is 5.10 Å². The Morgan fingerprint density at radius 2 is 1.90 bits per heavy atom. The van der Waals surface area contributed by atoms with E-state index in [0.717, 1.165) is 50.3 Å². The summed E-state index contributed by atoms with van der Waals surface area (Å²) in [4.78, 5) is 16.9. The lowest BCUT2D eigenvalue weighted by Crippen LogP contribution is -2.48. The van der Waals surface area contributed by atoms with Crippen molar-refractivity contribution in [2.75, 3.05) is 32.7 Å². The molecule has 0 N–H and O–H groups in total. The van der Waals surface area contributed by atoms with E-state index in [9.17, 15) is 4.79 Å². The van der Waals surface area contributed by atoms with E-state index in [4.69, 9.17) is 0 Å². The van der Waals surface area contributed by atoms with E-state index < -0.39 is 0 Å². The van der Waals surface area contributed by atoms with Crippen molar-refractivity contribution in [3.05, 3.63) is 23.8 Å². The zero-order valence-corrected chi connectivity index (χ0v) is 12.6. The standard InChI is InChI=1S/C15H21N5O/c1-3-18-7-9-19(10-8-18)15(21)12-5-6-14-13(11-12)16-17-20(14)4-2/h5-6,11H,3-4,7-10H2,1-2H3. The lowest BCUT2D eigenvalue weighted by molar-refractivity contribution is 0.0643. The first kappa shape index (κ1) is 14.0. The summed E-state index contributed by atoms with van der Waals surface area (Å²) >= 11 is 0. The molecule has 1 aliphatic rings.